The number of aryl methyl sites for hydroxylation is 1. The summed E-state index contributed by atoms with van der Waals surface area (Å²) in [4.78, 5) is 48.7. The Kier molecular flexibility index (Phi) is 8.20. The number of piperidine rings is 1. The van der Waals surface area contributed by atoms with E-state index in [2.05, 4.69) is 10.3 Å². The number of ketones is 1. The van der Waals surface area contributed by atoms with Crippen molar-refractivity contribution in [2.75, 3.05) is 18.4 Å². The van der Waals surface area contributed by atoms with Crippen molar-refractivity contribution < 1.29 is 36.3 Å². The summed E-state index contributed by atoms with van der Waals surface area (Å²) in [5.41, 5.74) is -1.76. The Bertz CT molecular complexity index is 1190. The summed E-state index contributed by atoms with van der Waals surface area (Å²) in [7, 11) is 0. The zero-order chi connectivity index (χ0) is 26.6. The molecular formula is C21H23F5N6O4. The molecule has 15 heteroatoms. The average molecular weight is 518 g/mol. The van der Waals surface area contributed by atoms with Gasteiger partial charge in [0.05, 0.1) is 24.3 Å². The van der Waals surface area contributed by atoms with E-state index in [-0.39, 0.29) is 50.4 Å². The lowest BCUT2D eigenvalue weighted by molar-refractivity contribution is -0.188. The minimum Gasteiger partial charge on any atom is -0.334 e. The predicted molar refractivity (Wildman–Crippen MR) is 114 cm³/mol. The van der Waals surface area contributed by atoms with E-state index in [1.807, 2.05) is 5.32 Å². The summed E-state index contributed by atoms with van der Waals surface area (Å²) in [5.74, 6) is -6.16. The lowest BCUT2D eigenvalue weighted by Crippen LogP contribution is -2.48. The summed E-state index contributed by atoms with van der Waals surface area (Å²) >= 11 is 0. The summed E-state index contributed by atoms with van der Waals surface area (Å²) in [6.07, 6.45) is -4.00. The molecule has 2 aromatic rings. The van der Waals surface area contributed by atoms with Crippen LogP contribution in [-0.4, -0.2) is 67.5 Å². The topological polar surface area (TPSA) is 119 Å². The molecule has 0 saturated carbocycles. The van der Waals surface area contributed by atoms with Crippen LogP contribution >= 0.6 is 0 Å². The van der Waals surface area contributed by atoms with Crippen LogP contribution in [-0.2, 0) is 22.7 Å². The number of Topliss-reactive ketones (excluding diaryl/α,β-unsaturated/α-hetero) is 1. The normalized spacial score (nSPS) is 17.1. The number of nitrogens with zero attached hydrogens (tertiary/aromatic N) is 5. The van der Waals surface area contributed by atoms with Crippen LogP contribution in [0.3, 0.4) is 0 Å². The number of amides is 2. The fraction of sp³-hybridized carbons (Fsp3) is 0.524. The molecule has 2 atom stereocenters. The molecule has 0 bridgehead atoms. The third-order valence-electron chi connectivity index (χ3n) is 5.69. The van der Waals surface area contributed by atoms with Crippen molar-refractivity contribution in [3.63, 3.8) is 0 Å². The monoisotopic (exact) mass is 518 g/mol. The van der Waals surface area contributed by atoms with Gasteiger partial charge in [0.15, 0.2) is 5.78 Å². The van der Waals surface area contributed by atoms with Crippen LogP contribution in [0.15, 0.2) is 23.3 Å². The van der Waals surface area contributed by atoms with Crippen molar-refractivity contribution in [1.29, 1.82) is 0 Å². The molecule has 0 radical (unpaired) electrons. The van der Waals surface area contributed by atoms with Gasteiger partial charge in [-0.05, 0) is 25.3 Å². The number of pyridine rings is 1. The number of anilines is 1. The predicted octanol–water partition coefficient (Wildman–Crippen LogP) is 1.95. The molecule has 3 rings (SSSR count). The Morgan fingerprint density at radius 3 is 2.64 bits per heavy atom. The van der Waals surface area contributed by atoms with Gasteiger partial charge in [0, 0.05) is 32.8 Å². The highest BCUT2D eigenvalue weighted by Crippen LogP contribution is 2.33. The van der Waals surface area contributed by atoms with Crippen LogP contribution in [0.25, 0.3) is 0 Å². The maximum atomic E-state index is 14.5. The van der Waals surface area contributed by atoms with Crippen molar-refractivity contribution in [1.82, 2.24) is 24.5 Å². The number of alkyl halides is 4. The highest BCUT2D eigenvalue weighted by atomic mass is 19.4. The van der Waals surface area contributed by atoms with E-state index < -0.39 is 53.7 Å². The van der Waals surface area contributed by atoms with E-state index in [9.17, 15) is 41.1 Å². The third-order valence-corrected chi connectivity index (χ3v) is 5.69. The van der Waals surface area contributed by atoms with Crippen molar-refractivity contribution in [2.45, 2.75) is 51.6 Å². The Labute approximate surface area is 201 Å². The molecule has 3 heterocycles. The molecule has 2 aromatic heterocycles. The molecule has 1 saturated heterocycles. The number of carbonyl (C=O) groups excluding carboxylic acids is 3. The van der Waals surface area contributed by atoms with E-state index in [0.29, 0.717) is 0 Å². The van der Waals surface area contributed by atoms with Crippen LogP contribution in [0.5, 0.6) is 0 Å². The van der Waals surface area contributed by atoms with Crippen molar-refractivity contribution in [3.8, 4) is 0 Å². The van der Waals surface area contributed by atoms with Crippen LogP contribution in [0.2, 0.25) is 0 Å². The van der Waals surface area contributed by atoms with Gasteiger partial charge >= 0.3 is 18.0 Å². The Hall–Kier alpha value is -3.65. The molecule has 1 aliphatic heterocycles. The molecule has 2 amide bonds. The van der Waals surface area contributed by atoms with Gasteiger partial charge < -0.3 is 14.8 Å². The molecule has 36 heavy (non-hydrogen) atoms. The standard InChI is InChI=1S/C21H23F5N6O4/c1-12(33)16-11-32(29-28-16)10-14(22)4-7-30-8-5-15(17(23)19(30)35)27-18(34)20(36)31-6-2-3-13(9-31)21(24,25)26/h5,8,11,13-14H,2-4,6-7,9-10H2,1H3,(H,27,34)/t13-,14?/m0/s1. The molecule has 1 N–H and O–H groups in total. The maximum absolute atomic E-state index is 14.5. The van der Waals surface area contributed by atoms with Gasteiger partial charge in [-0.2, -0.15) is 17.6 Å². The Morgan fingerprint density at radius 1 is 1.28 bits per heavy atom. The highest BCUT2D eigenvalue weighted by Gasteiger charge is 2.43. The van der Waals surface area contributed by atoms with Crippen LogP contribution in [0, 0.1) is 11.7 Å². The molecular weight excluding hydrogens is 495 g/mol. The second kappa shape index (κ2) is 11.0. The summed E-state index contributed by atoms with van der Waals surface area (Å²) in [5, 5.41) is 9.12. The summed E-state index contributed by atoms with van der Waals surface area (Å²) < 4.78 is 69.6. The molecule has 1 aliphatic rings. The molecule has 196 valence electrons. The number of rotatable bonds is 7. The number of aromatic nitrogens is 4. The number of hydrogen-bond donors (Lipinski definition) is 1. The Balaban J connectivity index is 1.58. The summed E-state index contributed by atoms with van der Waals surface area (Å²) in [6.45, 7) is 0.0539. The molecule has 1 unspecified atom stereocenters. The van der Waals surface area contributed by atoms with Crippen LogP contribution < -0.4 is 10.9 Å². The minimum atomic E-state index is -4.52. The average Bonchev–Trinajstić information content (AvgIpc) is 3.29. The van der Waals surface area contributed by atoms with E-state index in [1.54, 1.807) is 0 Å². The van der Waals surface area contributed by atoms with Gasteiger partial charge in [-0.25, -0.2) is 9.07 Å². The fourth-order valence-electron chi connectivity index (χ4n) is 3.69. The smallest absolute Gasteiger partial charge is 0.334 e. The number of likely N-dealkylation sites (tertiary alicyclic amines) is 1. The maximum Gasteiger partial charge on any atom is 0.393 e. The van der Waals surface area contributed by atoms with E-state index >= 15 is 0 Å². The van der Waals surface area contributed by atoms with Gasteiger partial charge in [0.25, 0.3) is 5.56 Å². The molecule has 0 spiro atoms. The molecule has 0 aromatic carbocycles. The van der Waals surface area contributed by atoms with Crippen molar-refractivity contribution in [3.05, 3.63) is 40.3 Å². The quantitative estimate of drug-likeness (QED) is 0.340. The van der Waals surface area contributed by atoms with Gasteiger partial charge in [-0.1, -0.05) is 5.21 Å². The zero-order valence-electron chi connectivity index (χ0n) is 19.1. The van der Waals surface area contributed by atoms with Gasteiger partial charge in [-0.15, -0.1) is 5.10 Å². The van der Waals surface area contributed by atoms with Gasteiger partial charge in [0.2, 0.25) is 5.82 Å². The highest BCUT2D eigenvalue weighted by molar-refractivity contribution is 6.39. The van der Waals surface area contributed by atoms with E-state index in [0.717, 1.165) is 26.4 Å². The number of carbonyl (C=O) groups is 3. The first-order valence-electron chi connectivity index (χ1n) is 11.0. The number of hydrogen-bond acceptors (Lipinski definition) is 6. The molecule has 0 aliphatic carbocycles. The lowest BCUT2D eigenvalue weighted by atomic mass is 9.97. The van der Waals surface area contributed by atoms with E-state index in [1.165, 1.54) is 13.1 Å². The molecule has 10 nitrogen and oxygen atoms in total. The lowest BCUT2D eigenvalue weighted by Gasteiger charge is -2.33. The third kappa shape index (κ3) is 6.51. The number of nitrogens with one attached hydrogen (secondary N) is 1. The largest absolute Gasteiger partial charge is 0.393 e. The zero-order valence-corrected chi connectivity index (χ0v) is 19.1. The SMILES string of the molecule is CC(=O)c1cn(CC(F)CCn2ccc(NC(=O)C(=O)N3CCC[C@H](C(F)(F)F)C3)c(F)c2=O)nn1. The first-order valence-corrected chi connectivity index (χ1v) is 11.0. The first kappa shape index (κ1) is 26.9. The van der Waals surface area contributed by atoms with Crippen LogP contribution in [0.1, 0.15) is 36.7 Å². The van der Waals surface area contributed by atoms with Gasteiger partial charge in [-0.3, -0.25) is 19.2 Å². The minimum absolute atomic E-state index is 0.0535. The molecule has 1 fully saturated rings. The van der Waals surface area contributed by atoms with Crippen molar-refractivity contribution in [2.24, 2.45) is 5.92 Å². The second-order valence-electron chi connectivity index (χ2n) is 8.40. The van der Waals surface area contributed by atoms with Gasteiger partial charge in [0.1, 0.15) is 11.9 Å². The fourth-order valence-corrected chi connectivity index (χ4v) is 3.69. The van der Waals surface area contributed by atoms with Crippen LogP contribution in [0.4, 0.5) is 27.6 Å². The first-order chi connectivity index (χ1) is 16.9. The van der Waals surface area contributed by atoms with Crippen molar-refractivity contribution >= 4 is 23.3 Å². The number of halogens is 5. The Morgan fingerprint density at radius 2 is 2.00 bits per heavy atom. The second-order valence-corrected chi connectivity index (χ2v) is 8.40. The van der Waals surface area contributed by atoms with E-state index in [4.69, 9.17) is 0 Å². The summed E-state index contributed by atoms with van der Waals surface area (Å²) in [6, 6.07) is 0.987.